The van der Waals surface area contributed by atoms with Gasteiger partial charge >= 0.3 is 0 Å². The monoisotopic (exact) mass is 255 g/mol. The molecule has 1 saturated carbocycles. The minimum Gasteiger partial charge on any atom is -0.366 e. The van der Waals surface area contributed by atoms with E-state index in [-0.39, 0.29) is 17.9 Å². The van der Waals surface area contributed by atoms with Crippen molar-refractivity contribution in [3.8, 4) is 0 Å². The summed E-state index contributed by atoms with van der Waals surface area (Å²) in [6.45, 7) is 2.69. The van der Waals surface area contributed by atoms with E-state index in [1.54, 1.807) is 4.90 Å². The van der Waals surface area contributed by atoms with Gasteiger partial charge in [0, 0.05) is 12.5 Å². The van der Waals surface area contributed by atoms with Gasteiger partial charge in [-0.15, -0.1) is 0 Å². The van der Waals surface area contributed by atoms with E-state index in [4.69, 9.17) is 0 Å². The summed E-state index contributed by atoms with van der Waals surface area (Å²) in [5.41, 5.74) is 0. The number of hydrogen-bond donors (Lipinski definition) is 2. The van der Waals surface area contributed by atoms with E-state index in [0.29, 0.717) is 18.9 Å². The molecule has 0 aromatic heterocycles. The van der Waals surface area contributed by atoms with E-state index < -0.39 is 6.29 Å². The van der Waals surface area contributed by atoms with Gasteiger partial charge in [-0.05, 0) is 31.6 Å². The minimum atomic E-state index is -1.39. The van der Waals surface area contributed by atoms with E-state index in [1.807, 2.05) is 6.92 Å². The van der Waals surface area contributed by atoms with Crippen LogP contribution in [0.5, 0.6) is 0 Å². The van der Waals surface area contributed by atoms with Crippen molar-refractivity contribution in [3.05, 3.63) is 0 Å². The van der Waals surface area contributed by atoms with Gasteiger partial charge in [0.2, 0.25) is 5.91 Å². The summed E-state index contributed by atoms with van der Waals surface area (Å²) in [5.74, 6) is 0.644. The zero-order chi connectivity index (χ0) is 13.1. The quantitative estimate of drug-likeness (QED) is 0.751. The molecule has 18 heavy (non-hydrogen) atoms. The average molecular weight is 255 g/mol. The highest BCUT2D eigenvalue weighted by molar-refractivity contribution is 5.79. The summed E-state index contributed by atoms with van der Waals surface area (Å²) in [5, 5.41) is 18.7. The van der Waals surface area contributed by atoms with Crippen molar-refractivity contribution in [2.24, 2.45) is 11.8 Å². The Balaban J connectivity index is 1.96. The molecule has 0 bridgehead atoms. The Morgan fingerprint density at radius 1 is 1.11 bits per heavy atom. The summed E-state index contributed by atoms with van der Waals surface area (Å²) >= 11 is 0. The first-order chi connectivity index (χ1) is 8.61. The van der Waals surface area contributed by atoms with Crippen LogP contribution >= 0.6 is 0 Å². The fourth-order valence-electron chi connectivity index (χ4n) is 3.47. The molecule has 0 spiro atoms. The van der Waals surface area contributed by atoms with Crippen LogP contribution < -0.4 is 0 Å². The second-order valence-corrected chi connectivity index (χ2v) is 5.84. The summed E-state index contributed by atoms with van der Waals surface area (Å²) in [6, 6.07) is -0.386. The smallest absolute Gasteiger partial charge is 0.226 e. The van der Waals surface area contributed by atoms with Crippen molar-refractivity contribution >= 4 is 5.91 Å². The Labute approximate surface area is 109 Å². The Morgan fingerprint density at radius 3 is 2.39 bits per heavy atom. The lowest BCUT2D eigenvalue weighted by atomic mass is 9.80. The molecule has 1 amide bonds. The highest BCUT2D eigenvalue weighted by atomic mass is 16.5. The van der Waals surface area contributed by atoms with E-state index >= 15 is 0 Å². The molecule has 104 valence electrons. The number of rotatable bonds is 3. The van der Waals surface area contributed by atoms with Crippen molar-refractivity contribution in [3.63, 3.8) is 0 Å². The Hall–Kier alpha value is -0.610. The lowest BCUT2D eigenvalue weighted by Crippen LogP contribution is -2.46. The molecule has 1 aliphatic heterocycles. The van der Waals surface area contributed by atoms with E-state index in [0.717, 1.165) is 19.3 Å². The largest absolute Gasteiger partial charge is 0.366 e. The van der Waals surface area contributed by atoms with Gasteiger partial charge in [0.05, 0.1) is 6.04 Å². The standard InChI is InChI=1S/C14H25NO3/c1-10(11-6-3-2-4-7-11)13(16)15-9-5-8-12(15)14(17)18/h10-12,14,17-18H,2-9H2,1H3/t10-,12-/m0/s1. The molecule has 0 aromatic carbocycles. The van der Waals surface area contributed by atoms with Crippen LogP contribution in [0.1, 0.15) is 51.9 Å². The maximum absolute atomic E-state index is 12.5. The van der Waals surface area contributed by atoms with Crippen LogP contribution in [-0.4, -0.2) is 39.9 Å². The number of aliphatic hydroxyl groups excluding tert-OH is 1. The maximum Gasteiger partial charge on any atom is 0.226 e. The second-order valence-electron chi connectivity index (χ2n) is 5.84. The maximum atomic E-state index is 12.5. The Morgan fingerprint density at radius 2 is 1.78 bits per heavy atom. The molecule has 1 heterocycles. The lowest BCUT2D eigenvalue weighted by Gasteiger charge is -2.33. The first-order valence-corrected chi connectivity index (χ1v) is 7.28. The molecule has 2 atom stereocenters. The first kappa shape index (κ1) is 13.8. The van der Waals surface area contributed by atoms with Crippen LogP contribution in [0.4, 0.5) is 0 Å². The van der Waals surface area contributed by atoms with Gasteiger partial charge in [-0.2, -0.15) is 0 Å². The van der Waals surface area contributed by atoms with Gasteiger partial charge in [0.15, 0.2) is 6.29 Å². The van der Waals surface area contributed by atoms with E-state index in [9.17, 15) is 15.0 Å². The van der Waals surface area contributed by atoms with Crippen molar-refractivity contribution in [2.45, 2.75) is 64.2 Å². The van der Waals surface area contributed by atoms with Gasteiger partial charge in [-0.25, -0.2) is 0 Å². The number of amides is 1. The molecule has 1 aliphatic carbocycles. The number of hydrogen-bond acceptors (Lipinski definition) is 3. The van der Waals surface area contributed by atoms with Crippen molar-refractivity contribution < 1.29 is 15.0 Å². The van der Waals surface area contributed by atoms with Crippen molar-refractivity contribution in [1.82, 2.24) is 4.90 Å². The average Bonchev–Trinajstić information content (AvgIpc) is 2.87. The van der Waals surface area contributed by atoms with Gasteiger partial charge in [-0.1, -0.05) is 26.2 Å². The summed E-state index contributed by atoms with van der Waals surface area (Å²) in [6.07, 6.45) is 6.24. The SMILES string of the molecule is C[C@H](C(=O)N1CCC[C@H]1C(O)O)C1CCCCC1. The van der Waals surface area contributed by atoms with Crippen LogP contribution in [0.2, 0.25) is 0 Å². The molecule has 2 rings (SSSR count). The van der Waals surface area contributed by atoms with Crippen molar-refractivity contribution in [1.29, 1.82) is 0 Å². The van der Waals surface area contributed by atoms with Gasteiger partial charge in [0.1, 0.15) is 0 Å². The summed E-state index contributed by atoms with van der Waals surface area (Å²) < 4.78 is 0. The zero-order valence-electron chi connectivity index (χ0n) is 11.2. The third-order valence-electron chi connectivity index (χ3n) is 4.67. The van der Waals surface area contributed by atoms with Crippen LogP contribution in [0.25, 0.3) is 0 Å². The van der Waals surface area contributed by atoms with E-state index in [2.05, 4.69) is 0 Å². The molecule has 4 nitrogen and oxygen atoms in total. The predicted molar refractivity (Wildman–Crippen MR) is 68.7 cm³/mol. The molecular formula is C14H25NO3. The van der Waals surface area contributed by atoms with Crippen molar-refractivity contribution in [2.75, 3.05) is 6.54 Å². The predicted octanol–water partition coefficient (Wildman–Crippen LogP) is 1.50. The third-order valence-corrected chi connectivity index (χ3v) is 4.67. The summed E-state index contributed by atoms with van der Waals surface area (Å²) in [4.78, 5) is 14.2. The molecule has 2 N–H and O–H groups in total. The normalized spacial score (nSPS) is 27.8. The molecule has 0 radical (unpaired) electrons. The van der Waals surface area contributed by atoms with Crippen LogP contribution in [0.15, 0.2) is 0 Å². The molecular weight excluding hydrogens is 230 g/mol. The molecule has 1 saturated heterocycles. The Kier molecular flexibility index (Phi) is 4.62. The van der Waals surface area contributed by atoms with E-state index in [1.165, 1.54) is 19.3 Å². The number of carbonyl (C=O) groups is 1. The summed E-state index contributed by atoms with van der Waals surface area (Å²) in [7, 11) is 0. The zero-order valence-corrected chi connectivity index (χ0v) is 11.2. The van der Waals surface area contributed by atoms with Gasteiger partial charge in [0.25, 0.3) is 0 Å². The Bertz CT molecular complexity index is 287. The fourth-order valence-corrected chi connectivity index (χ4v) is 3.47. The first-order valence-electron chi connectivity index (χ1n) is 7.28. The number of aliphatic hydroxyl groups is 2. The molecule has 2 aliphatic rings. The molecule has 0 aromatic rings. The highest BCUT2D eigenvalue weighted by Crippen LogP contribution is 2.32. The van der Waals surface area contributed by atoms with Crippen LogP contribution in [0.3, 0.4) is 0 Å². The van der Waals surface area contributed by atoms with Gasteiger partial charge < -0.3 is 15.1 Å². The van der Waals surface area contributed by atoms with Crippen LogP contribution in [0, 0.1) is 11.8 Å². The minimum absolute atomic E-state index is 0.0321. The second kappa shape index (κ2) is 6.02. The number of likely N-dealkylation sites (tertiary alicyclic amines) is 1. The molecule has 2 fully saturated rings. The third kappa shape index (κ3) is 2.86. The molecule has 0 unspecified atom stereocenters. The fraction of sp³-hybridized carbons (Fsp3) is 0.929. The topological polar surface area (TPSA) is 60.8 Å². The molecule has 4 heteroatoms. The number of carbonyl (C=O) groups excluding carboxylic acids is 1. The lowest BCUT2D eigenvalue weighted by molar-refractivity contribution is -0.148. The highest BCUT2D eigenvalue weighted by Gasteiger charge is 2.37. The number of nitrogens with zero attached hydrogens (tertiary/aromatic N) is 1. The van der Waals surface area contributed by atoms with Crippen LogP contribution in [-0.2, 0) is 4.79 Å². The van der Waals surface area contributed by atoms with Gasteiger partial charge in [-0.3, -0.25) is 4.79 Å².